The summed E-state index contributed by atoms with van der Waals surface area (Å²) >= 11 is 9.45. The first kappa shape index (κ1) is 11.7. The summed E-state index contributed by atoms with van der Waals surface area (Å²) in [6, 6.07) is 4.26. The second-order valence-corrected chi connectivity index (χ2v) is 5.80. The molecule has 17 heavy (non-hydrogen) atoms. The molecule has 1 aromatic carbocycles. The Labute approximate surface area is 114 Å². The molecule has 2 nitrogen and oxygen atoms in total. The van der Waals surface area contributed by atoms with Crippen LogP contribution in [-0.2, 0) is 0 Å². The van der Waals surface area contributed by atoms with Gasteiger partial charge in [-0.2, -0.15) is 0 Å². The number of halogens is 2. The highest BCUT2D eigenvalue weighted by molar-refractivity contribution is 9.10. The smallest absolute Gasteiger partial charge is 0.175 e. The SMILES string of the molecule is ClCC1CC1c1cc(Br)c2c(c1)OCCCO2. The third kappa shape index (κ3) is 2.27. The Balaban J connectivity index is 1.92. The van der Waals surface area contributed by atoms with E-state index in [9.17, 15) is 0 Å². The fourth-order valence-electron chi connectivity index (χ4n) is 2.29. The third-order valence-electron chi connectivity index (χ3n) is 3.37. The molecule has 0 radical (unpaired) electrons. The Kier molecular flexibility index (Phi) is 3.22. The lowest BCUT2D eigenvalue weighted by Crippen LogP contribution is -1.97. The topological polar surface area (TPSA) is 18.5 Å². The average molecular weight is 318 g/mol. The van der Waals surface area contributed by atoms with Gasteiger partial charge in [-0.15, -0.1) is 11.6 Å². The number of hydrogen-bond acceptors (Lipinski definition) is 2. The van der Waals surface area contributed by atoms with E-state index in [0.29, 0.717) is 11.8 Å². The average Bonchev–Trinajstić information content (AvgIpc) is 3.12. The van der Waals surface area contributed by atoms with Crippen molar-refractivity contribution in [1.29, 1.82) is 0 Å². The van der Waals surface area contributed by atoms with Crippen molar-refractivity contribution in [2.45, 2.75) is 18.8 Å². The molecule has 1 aliphatic heterocycles. The Morgan fingerprint density at radius 3 is 2.88 bits per heavy atom. The summed E-state index contributed by atoms with van der Waals surface area (Å²) in [5, 5.41) is 0. The fraction of sp³-hybridized carbons (Fsp3) is 0.538. The molecule has 2 aliphatic rings. The summed E-state index contributed by atoms with van der Waals surface area (Å²) < 4.78 is 12.4. The van der Waals surface area contributed by atoms with Crippen molar-refractivity contribution in [2.24, 2.45) is 5.92 Å². The van der Waals surface area contributed by atoms with Gasteiger partial charge in [-0.05, 0) is 51.9 Å². The zero-order valence-corrected chi connectivity index (χ0v) is 11.8. The van der Waals surface area contributed by atoms with Gasteiger partial charge in [0.1, 0.15) is 0 Å². The molecule has 3 rings (SSSR count). The first-order valence-corrected chi connectivity index (χ1v) is 7.27. The maximum atomic E-state index is 5.89. The number of alkyl halides is 1. The van der Waals surface area contributed by atoms with Crippen LogP contribution < -0.4 is 9.47 Å². The molecule has 0 saturated heterocycles. The van der Waals surface area contributed by atoms with E-state index in [2.05, 4.69) is 28.1 Å². The van der Waals surface area contributed by atoms with Gasteiger partial charge < -0.3 is 9.47 Å². The van der Waals surface area contributed by atoms with Crippen LogP contribution >= 0.6 is 27.5 Å². The number of rotatable bonds is 2. The molecule has 92 valence electrons. The predicted octanol–water partition coefficient (Wildman–Crippen LogP) is 3.95. The molecular weight excluding hydrogens is 303 g/mol. The summed E-state index contributed by atoms with van der Waals surface area (Å²) in [7, 11) is 0. The van der Waals surface area contributed by atoms with Crippen molar-refractivity contribution in [3.05, 3.63) is 22.2 Å². The maximum absolute atomic E-state index is 5.89. The molecule has 1 aliphatic carbocycles. The van der Waals surface area contributed by atoms with Crippen LogP contribution in [0.4, 0.5) is 0 Å². The second-order valence-electron chi connectivity index (χ2n) is 4.64. The molecule has 4 heteroatoms. The quantitative estimate of drug-likeness (QED) is 0.769. The Hall–Kier alpha value is -0.410. The monoisotopic (exact) mass is 316 g/mol. The molecule has 1 fully saturated rings. The van der Waals surface area contributed by atoms with Crippen molar-refractivity contribution in [2.75, 3.05) is 19.1 Å². The molecule has 2 atom stereocenters. The molecule has 0 N–H and O–H groups in total. The Bertz CT molecular complexity index is 436. The molecule has 2 unspecified atom stereocenters. The summed E-state index contributed by atoms with van der Waals surface area (Å²) in [6.45, 7) is 1.45. The minimum Gasteiger partial charge on any atom is -0.490 e. The van der Waals surface area contributed by atoms with Crippen LogP contribution in [-0.4, -0.2) is 19.1 Å². The van der Waals surface area contributed by atoms with Gasteiger partial charge in [0, 0.05) is 12.3 Å². The molecule has 0 aromatic heterocycles. The zero-order chi connectivity index (χ0) is 11.8. The summed E-state index contributed by atoms with van der Waals surface area (Å²) in [4.78, 5) is 0. The van der Waals surface area contributed by atoms with Crippen LogP contribution in [0.3, 0.4) is 0 Å². The second kappa shape index (κ2) is 4.69. The van der Waals surface area contributed by atoms with Gasteiger partial charge in [0.2, 0.25) is 0 Å². The van der Waals surface area contributed by atoms with Gasteiger partial charge in [0.25, 0.3) is 0 Å². The van der Waals surface area contributed by atoms with Gasteiger partial charge in [0.15, 0.2) is 11.5 Å². The molecule has 1 heterocycles. The van der Waals surface area contributed by atoms with E-state index < -0.39 is 0 Å². The molecule has 0 spiro atoms. The fourth-order valence-corrected chi connectivity index (χ4v) is 3.21. The lowest BCUT2D eigenvalue weighted by atomic mass is 10.1. The van der Waals surface area contributed by atoms with Crippen molar-refractivity contribution in [3.63, 3.8) is 0 Å². The highest BCUT2D eigenvalue weighted by atomic mass is 79.9. The standard InChI is InChI=1S/C13H14BrClO2/c14-11-5-8(10-4-9(10)7-15)6-12-13(11)17-3-1-2-16-12/h5-6,9-10H,1-4,7H2. The molecule has 1 aromatic rings. The van der Waals surface area contributed by atoms with Crippen molar-refractivity contribution < 1.29 is 9.47 Å². The molecule has 1 saturated carbocycles. The predicted molar refractivity (Wildman–Crippen MR) is 71.3 cm³/mol. The number of fused-ring (bicyclic) bond motifs is 1. The van der Waals surface area contributed by atoms with Crippen molar-refractivity contribution in [1.82, 2.24) is 0 Å². The Morgan fingerprint density at radius 2 is 2.12 bits per heavy atom. The van der Waals surface area contributed by atoms with E-state index in [1.165, 1.54) is 12.0 Å². The van der Waals surface area contributed by atoms with Gasteiger partial charge in [-0.3, -0.25) is 0 Å². The molecular formula is C13H14BrClO2. The lowest BCUT2D eigenvalue weighted by molar-refractivity contribution is 0.296. The van der Waals surface area contributed by atoms with Crippen LogP contribution in [0.15, 0.2) is 16.6 Å². The molecule has 0 amide bonds. The number of benzene rings is 1. The molecule has 0 bridgehead atoms. The number of ether oxygens (including phenoxy) is 2. The van der Waals surface area contributed by atoms with Gasteiger partial charge in [0.05, 0.1) is 17.7 Å². The summed E-state index contributed by atoms with van der Waals surface area (Å²) in [6.07, 6.45) is 2.12. The first-order chi connectivity index (χ1) is 8.29. The van der Waals surface area contributed by atoms with Crippen molar-refractivity contribution >= 4 is 27.5 Å². The van der Waals surface area contributed by atoms with Gasteiger partial charge >= 0.3 is 0 Å². The van der Waals surface area contributed by atoms with E-state index in [1.54, 1.807) is 0 Å². The highest BCUT2D eigenvalue weighted by Crippen LogP contribution is 2.51. The van der Waals surface area contributed by atoms with Crippen LogP contribution in [0.5, 0.6) is 11.5 Å². The Morgan fingerprint density at radius 1 is 1.29 bits per heavy atom. The zero-order valence-electron chi connectivity index (χ0n) is 9.42. The van der Waals surface area contributed by atoms with Crippen LogP contribution in [0, 0.1) is 5.92 Å². The normalized spacial score (nSPS) is 26.5. The maximum Gasteiger partial charge on any atom is 0.175 e. The largest absolute Gasteiger partial charge is 0.490 e. The summed E-state index contributed by atoms with van der Waals surface area (Å²) in [5.41, 5.74) is 1.31. The first-order valence-electron chi connectivity index (χ1n) is 5.94. The van der Waals surface area contributed by atoms with Gasteiger partial charge in [-0.25, -0.2) is 0 Å². The van der Waals surface area contributed by atoms with E-state index >= 15 is 0 Å². The van der Waals surface area contributed by atoms with E-state index in [4.69, 9.17) is 21.1 Å². The van der Waals surface area contributed by atoms with E-state index in [-0.39, 0.29) is 0 Å². The minimum atomic E-state index is 0.598. The highest BCUT2D eigenvalue weighted by Gasteiger charge is 2.38. The van der Waals surface area contributed by atoms with E-state index in [0.717, 1.165) is 41.5 Å². The summed E-state index contributed by atoms with van der Waals surface area (Å²) in [5.74, 6) is 3.69. The van der Waals surface area contributed by atoms with Crippen LogP contribution in [0.2, 0.25) is 0 Å². The minimum absolute atomic E-state index is 0.598. The third-order valence-corrected chi connectivity index (χ3v) is 4.36. The van der Waals surface area contributed by atoms with Gasteiger partial charge in [-0.1, -0.05) is 0 Å². The number of hydrogen-bond donors (Lipinski definition) is 0. The van der Waals surface area contributed by atoms with E-state index in [1.807, 2.05) is 0 Å². The van der Waals surface area contributed by atoms with Crippen molar-refractivity contribution in [3.8, 4) is 11.5 Å². The van der Waals surface area contributed by atoms with Crippen LogP contribution in [0.1, 0.15) is 24.3 Å². The lowest BCUT2D eigenvalue weighted by Gasteiger charge is -2.11. The van der Waals surface area contributed by atoms with Crippen LogP contribution in [0.25, 0.3) is 0 Å².